The van der Waals surface area contributed by atoms with Gasteiger partial charge in [0.05, 0.1) is 12.2 Å². The molecular weight excluding hydrogens is 407 g/mol. The highest BCUT2D eigenvalue weighted by molar-refractivity contribution is 5.94. The number of pyridine rings is 1. The van der Waals surface area contributed by atoms with Crippen molar-refractivity contribution in [3.8, 4) is 11.6 Å². The minimum atomic E-state index is -0.374. The number of carbonyl (C=O) groups is 1. The summed E-state index contributed by atoms with van der Waals surface area (Å²) in [5, 5.41) is 7.38. The third-order valence-corrected chi connectivity index (χ3v) is 4.89. The highest BCUT2D eigenvalue weighted by Crippen LogP contribution is 2.20. The molecule has 4 rings (SSSR count). The van der Waals surface area contributed by atoms with Crippen molar-refractivity contribution in [3.63, 3.8) is 0 Å². The van der Waals surface area contributed by atoms with Gasteiger partial charge in [0.2, 0.25) is 5.88 Å². The van der Waals surface area contributed by atoms with Gasteiger partial charge in [0, 0.05) is 36.1 Å². The molecule has 0 aliphatic carbocycles. The van der Waals surface area contributed by atoms with Crippen molar-refractivity contribution in [3.05, 3.63) is 107 Å². The first-order chi connectivity index (χ1) is 15.5. The topological polar surface area (TPSA) is 69.0 Å². The van der Waals surface area contributed by atoms with E-state index in [0.29, 0.717) is 30.3 Å². The molecule has 32 heavy (non-hydrogen) atoms. The predicted molar refractivity (Wildman–Crippen MR) is 119 cm³/mol. The molecule has 0 saturated carbocycles. The predicted octanol–water partition coefficient (Wildman–Crippen LogP) is 4.80. The van der Waals surface area contributed by atoms with Crippen LogP contribution in [0.3, 0.4) is 0 Å². The Hall–Kier alpha value is -4.00. The van der Waals surface area contributed by atoms with Crippen molar-refractivity contribution in [1.29, 1.82) is 0 Å². The normalized spacial score (nSPS) is 10.7. The molecule has 1 amide bonds. The summed E-state index contributed by atoms with van der Waals surface area (Å²) in [6.45, 7) is 4.91. The molecule has 2 aromatic carbocycles. The lowest BCUT2D eigenvalue weighted by Crippen LogP contribution is -2.23. The van der Waals surface area contributed by atoms with Gasteiger partial charge in [-0.05, 0) is 55.3 Å². The van der Waals surface area contributed by atoms with Crippen LogP contribution in [0.5, 0.6) is 11.6 Å². The Bertz CT molecular complexity index is 1230. The molecule has 7 heteroatoms. The molecule has 0 aliphatic heterocycles. The number of aryl methyl sites for hydroxylation is 2. The van der Waals surface area contributed by atoms with Crippen LogP contribution < -0.4 is 10.1 Å². The number of ether oxygens (including phenoxy) is 1. The molecule has 162 valence electrons. The van der Waals surface area contributed by atoms with Gasteiger partial charge in [0.25, 0.3) is 5.91 Å². The summed E-state index contributed by atoms with van der Waals surface area (Å²) >= 11 is 0. The minimum Gasteiger partial charge on any atom is -0.439 e. The first kappa shape index (κ1) is 21.2. The van der Waals surface area contributed by atoms with Gasteiger partial charge in [-0.3, -0.25) is 9.48 Å². The fraction of sp³-hybridized carbons (Fsp3) is 0.160. The van der Waals surface area contributed by atoms with E-state index in [-0.39, 0.29) is 11.7 Å². The first-order valence-corrected chi connectivity index (χ1v) is 10.2. The SMILES string of the molecule is Cc1cc(C)n(Cc2cccc(C(=O)NCc3ccc(Oc4cccc(F)c4)nc3)c2)n1. The average molecular weight is 430 g/mol. The van der Waals surface area contributed by atoms with E-state index < -0.39 is 0 Å². The van der Waals surface area contributed by atoms with Crippen LogP contribution in [0.2, 0.25) is 0 Å². The summed E-state index contributed by atoms with van der Waals surface area (Å²) in [6.07, 6.45) is 1.62. The molecule has 0 spiro atoms. The summed E-state index contributed by atoms with van der Waals surface area (Å²) in [5.41, 5.74) is 4.46. The van der Waals surface area contributed by atoms with Crippen LogP contribution in [-0.4, -0.2) is 20.7 Å². The maximum Gasteiger partial charge on any atom is 0.251 e. The number of hydrogen-bond donors (Lipinski definition) is 1. The lowest BCUT2D eigenvalue weighted by Gasteiger charge is -2.09. The number of amides is 1. The molecule has 2 heterocycles. The molecule has 6 nitrogen and oxygen atoms in total. The van der Waals surface area contributed by atoms with E-state index in [1.165, 1.54) is 12.1 Å². The third kappa shape index (κ3) is 5.37. The van der Waals surface area contributed by atoms with Crippen LogP contribution in [0.4, 0.5) is 4.39 Å². The van der Waals surface area contributed by atoms with Gasteiger partial charge >= 0.3 is 0 Å². The molecule has 0 fully saturated rings. The molecular formula is C25H23FN4O2. The van der Waals surface area contributed by atoms with Gasteiger partial charge in [-0.15, -0.1) is 0 Å². The number of halogens is 1. The molecule has 4 aromatic rings. The minimum absolute atomic E-state index is 0.166. The van der Waals surface area contributed by atoms with E-state index in [4.69, 9.17) is 4.74 Å². The maximum absolute atomic E-state index is 13.3. The van der Waals surface area contributed by atoms with Crippen molar-refractivity contribution < 1.29 is 13.9 Å². The summed E-state index contributed by atoms with van der Waals surface area (Å²) in [6, 6.07) is 18.9. The Kier molecular flexibility index (Phi) is 6.26. The van der Waals surface area contributed by atoms with Crippen molar-refractivity contribution in [2.75, 3.05) is 0 Å². The quantitative estimate of drug-likeness (QED) is 0.457. The van der Waals surface area contributed by atoms with Crippen molar-refractivity contribution in [2.24, 2.45) is 0 Å². The van der Waals surface area contributed by atoms with Crippen LogP contribution in [0.1, 0.15) is 32.9 Å². The van der Waals surface area contributed by atoms with Crippen LogP contribution in [0, 0.1) is 19.7 Å². The zero-order chi connectivity index (χ0) is 22.5. The number of benzene rings is 2. The van der Waals surface area contributed by atoms with Crippen LogP contribution in [-0.2, 0) is 13.1 Å². The smallest absolute Gasteiger partial charge is 0.251 e. The molecule has 0 unspecified atom stereocenters. The second-order valence-electron chi connectivity index (χ2n) is 7.53. The van der Waals surface area contributed by atoms with E-state index in [2.05, 4.69) is 15.4 Å². The Morgan fingerprint density at radius 3 is 2.59 bits per heavy atom. The number of aromatic nitrogens is 3. The van der Waals surface area contributed by atoms with Gasteiger partial charge in [-0.2, -0.15) is 5.10 Å². The lowest BCUT2D eigenvalue weighted by atomic mass is 10.1. The fourth-order valence-corrected chi connectivity index (χ4v) is 3.33. The van der Waals surface area contributed by atoms with Gasteiger partial charge < -0.3 is 10.1 Å². The molecule has 0 aliphatic rings. The monoisotopic (exact) mass is 430 g/mol. The van der Waals surface area contributed by atoms with Crippen LogP contribution >= 0.6 is 0 Å². The Morgan fingerprint density at radius 1 is 1.03 bits per heavy atom. The lowest BCUT2D eigenvalue weighted by molar-refractivity contribution is 0.0950. The summed E-state index contributed by atoms with van der Waals surface area (Å²) in [4.78, 5) is 16.8. The molecule has 1 N–H and O–H groups in total. The summed E-state index contributed by atoms with van der Waals surface area (Å²) < 4.78 is 20.7. The van der Waals surface area contributed by atoms with Gasteiger partial charge in [0.1, 0.15) is 11.6 Å². The summed E-state index contributed by atoms with van der Waals surface area (Å²) in [7, 11) is 0. The summed E-state index contributed by atoms with van der Waals surface area (Å²) in [5.74, 6) is 0.183. The number of hydrogen-bond acceptors (Lipinski definition) is 4. The average Bonchev–Trinajstić information content (AvgIpc) is 3.09. The van der Waals surface area contributed by atoms with Crippen molar-refractivity contribution >= 4 is 5.91 Å². The first-order valence-electron chi connectivity index (χ1n) is 10.2. The standard InChI is InChI=1S/C25H23FN4O2/c1-17-11-18(2)30(29-17)16-19-5-3-6-21(12-19)25(31)28-15-20-9-10-24(27-14-20)32-23-8-4-7-22(26)13-23/h3-14H,15-16H2,1-2H3,(H,28,31). The zero-order valence-corrected chi connectivity index (χ0v) is 17.9. The molecule has 0 radical (unpaired) electrons. The van der Waals surface area contributed by atoms with E-state index in [0.717, 1.165) is 22.5 Å². The Balaban J connectivity index is 1.35. The molecule has 0 saturated heterocycles. The van der Waals surface area contributed by atoms with Gasteiger partial charge in [-0.1, -0.05) is 24.3 Å². The molecule has 0 atom stereocenters. The second-order valence-corrected chi connectivity index (χ2v) is 7.53. The second kappa shape index (κ2) is 9.43. The number of nitrogens with one attached hydrogen (secondary N) is 1. The van der Waals surface area contributed by atoms with E-state index in [1.807, 2.05) is 42.8 Å². The van der Waals surface area contributed by atoms with E-state index in [1.54, 1.807) is 36.5 Å². The Morgan fingerprint density at radius 2 is 1.88 bits per heavy atom. The highest BCUT2D eigenvalue weighted by Gasteiger charge is 2.09. The highest BCUT2D eigenvalue weighted by atomic mass is 19.1. The van der Waals surface area contributed by atoms with Gasteiger partial charge in [-0.25, -0.2) is 9.37 Å². The number of rotatable bonds is 7. The molecule has 0 bridgehead atoms. The molecule has 2 aromatic heterocycles. The number of nitrogens with zero attached hydrogens (tertiary/aromatic N) is 3. The van der Waals surface area contributed by atoms with Gasteiger partial charge in [0.15, 0.2) is 0 Å². The maximum atomic E-state index is 13.3. The van der Waals surface area contributed by atoms with Crippen LogP contribution in [0.25, 0.3) is 0 Å². The fourth-order valence-electron chi connectivity index (χ4n) is 3.33. The zero-order valence-electron chi connectivity index (χ0n) is 17.9. The van der Waals surface area contributed by atoms with E-state index in [9.17, 15) is 9.18 Å². The van der Waals surface area contributed by atoms with Crippen molar-refractivity contribution in [2.45, 2.75) is 26.9 Å². The van der Waals surface area contributed by atoms with Crippen LogP contribution in [0.15, 0.2) is 72.9 Å². The number of carbonyl (C=O) groups excluding carboxylic acids is 1. The Labute approximate surface area is 185 Å². The third-order valence-electron chi connectivity index (χ3n) is 4.89. The van der Waals surface area contributed by atoms with E-state index >= 15 is 0 Å². The van der Waals surface area contributed by atoms with Crippen molar-refractivity contribution in [1.82, 2.24) is 20.1 Å². The largest absolute Gasteiger partial charge is 0.439 e.